The van der Waals surface area contributed by atoms with Gasteiger partial charge in [0, 0.05) is 13.1 Å². The van der Waals surface area contributed by atoms with E-state index in [-0.39, 0.29) is 29.8 Å². The van der Waals surface area contributed by atoms with Gasteiger partial charge in [-0.15, -0.1) is 0 Å². The van der Waals surface area contributed by atoms with Crippen LogP contribution in [0.1, 0.15) is 76.6 Å². The first kappa shape index (κ1) is 36.1. The SMILES string of the molecule is CC[C@H](NC(=O)OC)C(=O)N1CCC[C@H]1c1ncc(-c2ccc(-c3ccc(-c4cnc([C@@H]5CCCN5C(=O)[C@@H](NC(=O)O)C(C)C)[nH]4)cc3)cc2)[nH]1. The van der Waals surface area contributed by atoms with Crippen LogP contribution in [0.4, 0.5) is 9.59 Å². The van der Waals surface area contributed by atoms with Crippen LogP contribution in [0.2, 0.25) is 0 Å². The number of imidazole rings is 2. The highest BCUT2D eigenvalue weighted by Gasteiger charge is 2.38. The quantitative estimate of drug-likeness (QED) is 0.128. The van der Waals surface area contributed by atoms with Crippen molar-refractivity contribution in [3.63, 3.8) is 0 Å². The van der Waals surface area contributed by atoms with Gasteiger partial charge in [-0.1, -0.05) is 69.3 Å². The van der Waals surface area contributed by atoms with Crippen LogP contribution in [-0.2, 0) is 14.3 Å². The van der Waals surface area contributed by atoms with Crippen LogP contribution in [-0.4, -0.2) is 91.1 Å². The molecule has 14 heteroatoms. The van der Waals surface area contributed by atoms with Gasteiger partial charge in [-0.05, 0) is 60.3 Å². The van der Waals surface area contributed by atoms with E-state index in [1.54, 1.807) is 22.2 Å². The van der Waals surface area contributed by atoms with E-state index >= 15 is 0 Å². The molecule has 0 spiro atoms. The number of nitrogens with zero attached hydrogens (tertiary/aromatic N) is 4. The molecule has 6 rings (SSSR count). The van der Waals surface area contributed by atoms with Crippen LogP contribution >= 0.6 is 0 Å². The number of H-pyrrole nitrogens is 2. The first-order chi connectivity index (χ1) is 25.1. The van der Waals surface area contributed by atoms with Gasteiger partial charge in [0.05, 0.1) is 43.0 Å². The number of benzene rings is 2. The van der Waals surface area contributed by atoms with E-state index in [1.165, 1.54) is 7.11 Å². The van der Waals surface area contributed by atoms with E-state index in [2.05, 4.69) is 54.8 Å². The van der Waals surface area contributed by atoms with Gasteiger partial charge in [0.25, 0.3) is 0 Å². The fourth-order valence-corrected chi connectivity index (χ4v) is 7.18. The van der Waals surface area contributed by atoms with Gasteiger partial charge < -0.3 is 40.2 Å². The summed E-state index contributed by atoms with van der Waals surface area (Å²) >= 11 is 0. The number of ether oxygens (including phenoxy) is 1. The summed E-state index contributed by atoms with van der Waals surface area (Å²) in [4.78, 5) is 69.4. The molecule has 2 aliphatic rings. The average molecular weight is 711 g/mol. The Morgan fingerprint density at radius 3 is 1.67 bits per heavy atom. The minimum absolute atomic E-state index is 0.142. The number of alkyl carbamates (subject to hydrolysis) is 1. The molecule has 52 heavy (non-hydrogen) atoms. The molecule has 4 heterocycles. The predicted octanol–water partition coefficient (Wildman–Crippen LogP) is 5.89. The molecule has 4 aromatic rings. The normalized spacial score (nSPS) is 18.3. The van der Waals surface area contributed by atoms with Crippen LogP contribution in [0.5, 0.6) is 0 Å². The molecule has 2 fully saturated rings. The maximum atomic E-state index is 13.3. The summed E-state index contributed by atoms with van der Waals surface area (Å²) in [6.07, 6.45) is 5.38. The number of carbonyl (C=O) groups is 4. The van der Waals surface area contributed by atoms with Crippen LogP contribution in [0.3, 0.4) is 0 Å². The lowest BCUT2D eigenvalue weighted by molar-refractivity contribution is -0.135. The highest BCUT2D eigenvalue weighted by Crippen LogP contribution is 2.35. The fourth-order valence-electron chi connectivity index (χ4n) is 7.18. The number of rotatable bonds is 11. The highest BCUT2D eigenvalue weighted by atomic mass is 16.5. The zero-order valence-corrected chi connectivity index (χ0v) is 29.9. The van der Waals surface area contributed by atoms with E-state index < -0.39 is 24.3 Å². The van der Waals surface area contributed by atoms with Gasteiger partial charge in [-0.2, -0.15) is 0 Å². The Bertz CT molecular complexity index is 1890. The van der Waals surface area contributed by atoms with Gasteiger partial charge >= 0.3 is 12.2 Å². The van der Waals surface area contributed by atoms with Crippen molar-refractivity contribution in [2.24, 2.45) is 5.92 Å². The molecule has 2 aromatic carbocycles. The summed E-state index contributed by atoms with van der Waals surface area (Å²) < 4.78 is 4.70. The van der Waals surface area contributed by atoms with Crippen molar-refractivity contribution in [1.29, 1.82) is 0 Å². The molecule has 0 bridgehead atoms. The molecular weight excluding hydrogens is 664 g/mol. The zero-order valence-electron chi connectivity index (χ0n) is 29.9. The standard InChI is InChI=1S/C38H46N8O6/c1-5-27(43-38(51)52-4)35(47)45-18-6-8-30(45)33-39-20-28(41-33)25-14-10-23(11-15-25)24-12-16-26(17-13-24)29-21-40-34(42-29)31-9-7-19-46(31)36(48)32(22(2)3)44-37(49)50/h10-17,20-22,27,30-32,44H,5-9,18-19H2,1-4H3,(H,39,41)(H,40,42)(H,43,51)(H,49,50)/t27-,30-,31-,32-/m0/s1. The molecule has 274 valence electrons. The molecule has 5 N–H and O–H groups in total. The Labute approximate surface area is 302 Å². The number of carbonyl (C=O) groups excluding carboxylic acids is 3. The van der Waals surface area contributed by atoms with Crippen molar-refractivity contribution < 1.29 is 29.0 Å². The van der Waals surface area contributed by atoms with Crippen molar-refractivity contribution in [2.45, 2.75) is 77.0 Å². The van der Waals surface area contributed by atoms with Crippen molar-refractivity contribution in [3.8, 4) is 33.6 Å². The Kier molecular flexibility index (Phi) is 10.9. The van der Waals surface area contributed by atoms with Gasteiger partial charge in [0.2, 0.25) is 11.8 Å². The second-order valence-electron chi connectivity index (χ2n) is 13.7. The smallest absolute Gasteiger partial charge is 0.407 e. The van der Waals surface area contributed by atoms with E-state index in [0.717, 1.165) is 65.1 Å². The molecule has 0 aliphatic carbocycles. The average Bonchev–Trinajstić information content (AvgIpc) is 3.99. The van der Waals surface area contributed by atoms with E-state index in [0.29, 0.717) is 25.3 Å². The molecule has 0 saturated carbocycles. The third-order valence-electron chi connectivity index (χ3n) is 10.0. The third kappa shape index (κ3) is 7.65. The summed E-state index contributed by atoms with van der Waals surface area (Å²) in [7, 11) is 1.28. The summed E-state index contributed by atoms with van der Waals surface area (Å²) in [5.74, 6) is 0.850. The zero-order chi connectivity index (χ0) is 36.9. The molecule has 2 aliphatic heterocycles. The lowest BCUT2D eigenvalue weighted by Gasteiger charge is -2.29. The van der Waals surface area contributed by atoms with Crippen LogP contribution in [0.15, 0.2) is 60.9 Å². The number of carboxylic acid groups (broad SMARTS) is 1. The van der Waals surface area contributed by atoms with E-state index in [4.69, 9.17) is 4.74 Å². The van der Waals surface area contributed by atoms with E-state index in [1.807, 2.05) is 45.0 Å². The van der Waals surface area contributed by atoms with Gasteiger partial charge in [-0.3, -0.25) is 9.59 Å². The highest BCUT2D eigenvalue weighted by molar-refractivity contribution is 5.87. The number of nitrogens with one attached hydrogen (secondary N) is 4. The first-order valence-corrected chi connectivity index (χ1v) is 17.8. The molecule has 2 saturated heterocycles. The summed E-state index contributed by atoms with van der Waals surface area (Å²) in [6.45, 7) is 6.66. The Morgan fingerprint density at radius 2 is 1.25 bits per heavy atom. The lowest BCUT2D eigenvalue weighted by Crippen LogP contribution is -2.50. The number of likely N-dealkylation sites (tertiary alicyclic amines) is 2. The summed E-state index contributed by atoms with van der Waals surface area (Å²) in [6, 6.07) is 14.5. The minimum atomic E-state index is -1.21. The molecule has 2 aromatic heterocycles. The second kappa shape index (κ2) is 15.7. The van der Waals surface area contributed by atoms with Crippen LogP contribution in [0.25, 0.3) is 33.6 Å². The number of amides is 4. The van der Waals surface area contributed by atoms with Crippen molar-refractivity contribution in [3.05, 3.63) is 72.6 Å². The number of methoxy groups -OCH3 is 1. The molecule has 14 nitrogen and oxygen atoms in total. The summed E-state index contributed by atoms with van der Waals surface area (Å²) in [5, 5.41) is 14.3. The number of hydrogen-bond donors (Lipinski definition) is 5. The number of aromatic amines is 2. The molecule has 0 unspecified atom stereocenters. The van der Waals surface area contributed by atoms with Gasteiger partial charge in [0.1, 0.15) is 23.7 Å². The van der Waals surface area contributed by atoms with Crippen LogP contribution in [0, 0.1) is 5.92 Å². The van der Waals surface area contributed by atoms with Crippen LogP contribution < -0.4 is 10.6 Å². The lowest BCUT2D eigenvalue weighted by atomic mass is 10.0. The van der Waals surface area contributed by atoms with Crippen molar-refractivity contribution >= 4 is 24.0 Å². The van der Waals surface area contributed by atoms with Crippen molar-refractivity contribution in [1.82, 2.24) is 40.4 Å². The number of hydrogen-bond acceptors (Lipinski definition) is 7. The van der Waals surface area contributed by atoms with Gasteiger partial charge in [0.15, 0.2) is 0 Å². The van der Waals surface area contributed by atoms with Gasteiger partial charge in [-0.25, -0.2) is 19.6 Å². The maximum Gasteiger partial charge on any atom is 0.407 e. The van der Waals surface area contributed by atoms with Crippen molar-refractivity contribution in [2.75, 3.05) is 20.2 Å². The Morgan fingerprint density at radius 1 is 0.788 bits per heavy atom. The van der Waals surface area contributed by atoms with E-state index in [9.17, 15) is 24.3 Å². The maximum absolute atomic E-state index is 13.3. The summed E-state index contributed by atoms with van der Waals surface area (Å²) in [5.41, 5.74) is 5.71. The first-order valence-electron chi connectivity index (χ1n) is 17.8. The monoisotopic (exact) mass is 710 g/mol. The molecule has 0 radical (unpaired) electrons. The fraction of sp³-hybridized carbons (Fsp3) is 0.421. The second-order valence-corrected chi connectivity index (χ2v) is 13.7. The minimum Gasteiger partial charge on any atom is -0.465 e. The third-order valence-corrected chi connectivity index (χ3v) is 10.0. The Hall–Kier alpha value is -5.66. The largest absolute Gasteiger partial charge is 0.465 e. The molecule has 4 atom stereocenters. The Balaban J connectivity index is 1.10. The molecule has 4 amide bonds. The predicted molar refractivity (Wildman–Crippen MR) is 194 cm³/mol. The number of aromatic nitrogens is 4. The topological polar surface area (TPSA) is 186 Å². The molecular formula is C38H46N8O6.